The minimum Gasteiger partial charge on any atom is -0.324 e. The molecule has 1 atom stereocenters. The van der Waals surface area contributed by atoms with E-state index in [-0.39, 0.29) is 6.04 Å². The summed E-state index contributed by atoms with van der Waals surface area (Å²) in [5, 5.41) is 0. The number of fused-ring (bicyclic) bond motifs is 1. The third-order valence-corrected chi connectivity index (χ3v) is 2.49. The SMILES string of the molecule is CC(N)c1ccnc2scnc12. The van der Waals surface area contributed by atoms with E-state index in [1.807, 2.05) is 13.0 Å². The monoisotopic (exact) mass is 179 g/mol. The first-order valence-electron chi connectivity index (χ1n) is 3.72. The van der Waals surface area contributed by atoms with Crippen molar-refractivity contribution in [1.82, 2.24) is 9.97 Å². The normalized spacial score (nSPS) is 13.5. The molecular formula is C8H9N3S. The zero-order valence-electron chi connectivity index (χ0n) is 6.69. The highest BCUT2D eigenvalue weighted by Crippen LogP contribution is 2.22. The number of thiazole rings is 1. The minimum atomic E-state index is 0.0256. The zero-order valence-corrected chi connectivity index (χ0v) is 7.51. The van der Waals surface area contributed by atoms with Crippen LogP contribution < -0.4 is 5.73 Å². The Morgan fingerprint density at radius 2 is 2.33 bits per heavy atom. The highest BCUT2D eigenvalue weighted by Gasteiger charge is 2.07. The lowest BCUT2D eigenvalue weighted by atomic mass is 10.1. The molecule has 62 valence electrons. The number of pyridine rings is 1. The lowest BCUT2D eigenvalue weighted by molar-refractivity contribution is 0.823. The molecule has 0 radical (unpaired) electrons. The molecule has 0 fully saturated rings. The minimum absolute atomic E-state index is 0.0256. The molecule has 2 aromatic heterocycles. The van der Waals surface area contributed by atoms with Crippen molar-refractivity contribution in [2.75, 3.05) is 0 Å². The van der Waals surface area contributed by atoms with Gasteiger partial charge < -0.3 is 5.73 Å². The number of rotatable bonds is 1. The van der Waals surface area contributed by atoms with Gasteiger partial charge in [0, 0.05) is 12.2 Å². The van der Waals surface area contributed by atoms with Crippen LogP contribution in [0.4, 0.5) is 0 Å². The van der Waals surface area contributed by atoms with E-state index in [9.17, 15) is 0 Å². The van der Waals surface area contributed by atoms with Gasteiger partial charge in [0.2, 0.25) is 0 Å². The van der Waals surface area contributed by atoms with E-state index >= 15 is 0 Å². The van der Waals surface area contributed by atoms with Gasteiger partial charge in [-0.05, 0) is 18.6 Å². The molecule has 0 aromatic carbocycles. The fraction of sp³-hybridized carbons (Fsp3) is 0.250. The van der Waals surface area contributed by atoms with Crippen LogP contribution in [0.25, 0.3) is 10.3 Å². The summed E-state index contributed by atoms with van der Waals surface area (Å²) >= 11 is 1.54. The van der Waals surface area contributed by atoms with E-state index in [2.05, 4.69) is 9.97 Å². The third kappa shape index (κ3) is 1.09. The van der Waals surface area contributed by atoms with Gasteiger partial charge in [-0.25, -0.2) is 9.97 Å². The third-order valence-electron chi connectivity index (χ3n) is 1.76. The molecule has 2 rings (SSSR count). The standard InChI is InChI=1S/C8H9N3S/c1-5(9)6-2-3-10-8-7(6)11-4-12-8/h2-5H,9H2,1H3. The molecule has 0 saturated heterocycles. The van der Waals surface area contributed by atoms with Gasteiger partial charge in [-0.3, -0.25) is 0 Å². The molecule has 2 aromatic rings. The maximum Gasteiger partial charge on any atom is 0.143 e. The van der Waals surface area contributed by atoms with Crippen molar-refractivity contribution in [2.45, 2.75) is 13.0 Å². The lowest BCUT2D eigenvalue weighted by Gasteiger charge is -2.04. The van der Waals surface area contributed by atoms with Crippen LogP contribution >= 0.6 is 11.3 Å². The molecule has 3 nitrogen and oxygen atoms in total. The van der Waals surface area contributed by atoms with Crippen LogP contribution in [0.5, 0.6) is 0 Å². The van der Waals surface area contributed by atoms with Crippen molar-refractivity contribution in [3.05, 3.63) is 23.3 Å². The number of nitrogens with zero attached hydrogens (tertiary/aromatic N) is 2. The lowest BCUT2D eigenvalue weighted by Crippen LogP contribution is -2.05. The quantitative estimate of drug-likeness (QED) is 0.725. The molecule has 0 saturated carbocycles. The molecule has 0 aliphatic rings. The summed E-state index contributed by atoms with van der Waals surface area (Å²) in [7, 11) is 0. The largest absolute Gasteiger partial charge is 0.324 e. The fourth-order valence-electron chi connectivity index (χ4n) is 1.16. The van der Waals surface area contributed by atoms with Gasteiger partial charge in [-0.15, -0.1) is 11.3 Å². The van der Waals surface area contributed by atoms with E-state index < -0.39 is 0 Å². The van der Waals surface area contributed by atoms with E-state index in [1.54, 1.807) is 23.0 Å². The first-order valence-corrected chi connectivity index (χ1v) is 4.60. The highest BCUT2D eigenvalue weighted by molar-refractivity contribution is 7.16. The number of nitrogens with two attached hydrogens (primary N) is 1. The first kappa shape index (κ1) is 7.64. The van der Waals surface area contributed by atoms with E-state index in [0.29, 0.717) is 0 Å². The molecular weight excluding hydrogens is 170 g/mol. The molecule has 0 spiro atoms. The van der Waals surface area contributed by atoms with Crippen molar-refractivity contribution in [3.63, 3.8) is 0 Å². The van der Waals surface area contributed by atoms with Crippen LogP contribution in [0.2, 0.25) is 0 Å². The van der Waals surface area contributed by atoms with Crippen LogP contribution in [0.15, 0.2) is 17.8 Å². The summed E-state index contributed by atoms with van der Waals surface area (Å²) in [5.41, 5.74) is 9.58. The van der Waals surface area contributed by atoms with Crippen molar-refractivity contribution in [2.24, 2.45) is 5.73 Å². The van der Waals surface area contributed by atoms with Gasteiger partial charge in [0.25, 0.3) is 0 Å². The Hall–Kier alpha value is -1.00. The van der Waals surface area contributed by atoms with Gasteiger partial charge in [-0.2, -0.15) is 0 Å². The molecule has 0 aliphatic carbocycles. The average Bonchev–Trinajstić information content (AvgIpc) is 2.49. The van der Waals surface area contributed by atoms with Crippen LogP contribution in [0.1, 0.15) is 18.5 Å². The van der Waals surface area contributed by atoms with Gasteiger partial charge >= 0.3 is 0 Å². The highest BCUT2D eigenvalue weighted by atomic mass is 32.1. The van der Waals surface area contributed by atoms with Gasteiger partial charge in [-0.1, -0.05) is 0 Å². The Labute approximate surface area is 74.3 Å². The molecule has 2 heterocycles. The topological polar surface area (TPSA) is 51.8 Å². The Morgan fingerprint density at radius 3 is 3.08 bits per heavy atom. The number of hydrogen-bond acceptors (Lipinski definition) is 4. The Bertz CT molecular complexity index is 394. The summed E-state index contributed by atoms with van der Waals surface area (Å²) in [6.07, 6.45) is 1.78. The van der Waals surface area contributed by atoms with Gasteiger partial charge in [0.1, 0.15) is 10.3 Å². The molecule has 2 N–H and O–H groups in total. The van der Waals surface area contributed by atoms with E-state index in [4.69, 9.17) is 5.73 Å². The molecule has 12 heavy (non-hydrogen) atoms. The second-order valence-electron chi connectivity index (χ2n) is 2.69. The van der Waals surface area contributed by atoms with E-state index in [1.165, 1.54) is 0 Å². The second-order valence-corrected chi connectivity index (χ2v) is 3.53. The molecule has 0 amide bonds. The van der Waals surface area contributed by atoms with Crippen LogP contribution in [0, 0.1) is 0 Å². The molecule has 0 bridgehead atoms. The predicted octanol–water partition coefficient (Wildman–Crippen LogP) is 1.71. The molecule has 4 heteroatoms. The van der Waals surface area contributed by atoms with Crippen molar-refractivity contribution in [3.8, 4) is 0 Å². The summed E-state index contributed by atoms with van der Waals surface area (Å²) in [6, 6.07) is 1.95. The van der Waals surface area contributed by atoms with Gasteiger partial charge in [0.15, 0.2) is 0 Å². The van der Waals surface area contributed by atoms with Crippen LogP contribution in [0.3, 0.4) is 0 Å². The zero-order chi connectivity index (χ0) is 8.55. The molecule has 1 unspecified atom stereocenters. The summed E-state index contributed by atoms with van der Waals surface area (Å²) in [4.78, 5) is 9.36. The van der Waals surface area contributed by atoms with Crippen LogP contribution in [-0.2, 0) is 0 Å². The Morgan fingerprint density at radius 1 is 1.50 bits per heavy atom. The Kier molecular flexibility index (Phi) is 1.78. The molecule has 0 aliphatic heterocycles. The summed E-state index contributed by atoms with van der Waals surface area (Å²) in [6.45, 7) is 1.95. The second kappa shape index (κ2) is 2.80. The summed E-state index contributed by atoms with van der Waals surface area (Å²) < 4.78 is 0. The van der Waals surface area contributed by atoms with Crippen molar-refractivity contribution < 1.29 is 0 Å². The van der Waals surface area contributed by atoms with Crippen molar-refractivity contribution >= 4 is 21.7 Å². The average molecular weight is 179 g/mol. The summed E-state index contributed by atoms with van der Waals surface area (Å²) in [5.74, 6) is 0. The smallest absolute Gasteiger partial charge is 0.143 e. The van der Waals surface area contributed by atoms with Gasteiger partial charge in [0.05, 0.1) is 5.51 Å². The number of aromatic nitrogens is 2. The first-order chi connectivity index (χ1) is 5.79. The Balaban J connectivity index is 2.73. The van der Waals surface area contributed by atoms with E-state index in [0.717, 1.165) is 15.9 Å². The van der Waals surface area contributed by atoms with Crippen LogP contribution in [-0.4, -0.2) is 9.97 Å². The maximum atomic E-state index is 5.78. The number of hydrogen-bond donors (Lipinski definition) is 1. The fourth-order valence-corrected chi connectivity index (χ4v) is 1.82. The maximum absolute atomic E-state index is 5.78. The van der Waals surface area contributed by atoms with Crippen molar-refractivity contribution in [1.29, 1.82) is 0 Å². The predicted molar refractivity (Wildman–Crippen MR) is 50.0 cm³/mol.